The Hall–Kier alpha value is -0.160. The Bertz CT molecular complexity index is 181. The van der Waals surface area contributed by atoms with Crippen LogP contribution in [0.4, 0.5) is 0 Å². The molecule has 0 bridgehead atoms. The van der Waals surface area contributed by atoms with E-state index in [1.54, 1.807) is 0 Å². The SMILES string of the molecule is CCC(C)SCCCCC(C)(C)C#N. The van der Waals surface area contributed by atoms with Gasteiger partial charge in [0, 0.05) is 5.25 Å². The third-order valence-corrected chi connectivity index (χ3v) is 3.90. The Balaban J connectivity index is 3.35. The molecular weight excluding hydrogens is 190 g/mol. The van der Waals surface area contributed by atoms with Crippen LogP contribution in [0.2, 0.25) is 0 Å². The second kappa shape index (κ2) is 7.17. The molecule has 2 heteroatoms. The summed E-state index contributed by atoms with van der Waals surface area (Å²) in [6.45, 7) is 8.56. The fourth-order valence-electron chi connectivity index (χ4n) is 1.13. The average Bonchev–Trinajstić information content (AvgIpc) is 2.17. The molecule has 1 nitrogen and oxygen atoms in total. The van der Waals surface area contributed by atoms with Crippen LogP contribution in [0.1, 0.15) is 53.4 Å². The minimum absolute atomic E-state index is 0.124. The van der Waals surface area contributed by atoms with E-state index in [2.05, 4.69) is 31.7 Å². The maximum absolute atomic E-state index is 8.82. The fraction of sp³-hybridized carbons (Fsp3) is 0.917. The zero-order chi connectivity index (χ0) is 11.0. The van der Waals surface area contributed by atoms with Crippen LogP contribution in [-0.2, 0) is 0 Å². The van der Waals surface area contributed by atoms with E-state index in [0.29, 0.717) is 0 Å². The molecule has 0 spiro atoms. The van der Waals surface area contributed by atoms with Gasteiger partial charge in [-0.25, -0.2) is 0 Å². The molecule has 0 rings (SSSR count). The van der Waals surface area contributed by atoms with Gasteiger partial charge in [-0.05, 0) is 38.9 Å². The summed E-state index contributed by atoms with van der Waals surface area (Å²) in [5, 5.41) is 9.61. The largest absolute Gasteiger partial charge is 0.198 e. The summed E-state index contributed by atoms with van der Waals surface area (Å²) >= 11 is 2.05. The van der Waals surface area contributed by atoms with Crippen molar-refractivity contribution in [1.29, 1.82) is 5.26 Å². The molecule has 0 heterocycles. The molecule has 0 fully saturated rings. The number of nitriles is 1. The zero-order valence-electron chi connectivity index (χ0n) is 9.97. The van der Waals surface area contributed by atoms with Gasteiger partial charge in [0.05, 0.1) is 11.5 Å². The van der Waals surface area contributed by atoms with Gasteiger partial charge in [-0.3, -0.25) is 0 Å². The molecule has 0 aliphatic heterocycles. The summed E-state index contributed by atoms with van der Waals surface area (Å²) in [7, 11) is 0. The van der Waals surface area contributed by atoms with Crippen molar-refractivity contribution in [3.8, 4) is 6.07 Å². The fourth-order valence-corrected chi connectivity index (χ4v) is 2.14. The van der Waals surface area contributed by atoms with Crippen molar-refractivity contribution in [2.24, 2.45) is 5.41 Å². The van der Waals surface area contributed by atoms with Gasteiger partial charge in [-0.2, -0.15) is 17.0 Å². The lowest BCUT2D eigenvalue weighted by Gasteiger charge is -2.14. The van der Waals surface area contributed by atoms with E-state index in [0.717, 1.165) is 11.7 Å². The highest BCUT2D eigenvalue weighted by Gasteiger charge is 2.15. The van der Waals surface area contributed by atoms with Crippen molar-refractivity contribution >= 4 is 11.8 Å². The Morgan fingerprint density at radius 2 is 2.00 bits per heavy atom. The van der Waals surface area contributed by atoms with Crippen molar-refractivity contribution in [2.75, 3.05) is 5.75 Å². The quantitative estimate of drug-likeness (QED) is 0.591. The summed E-state index contributed by atoms with van der Waals surface area (Å²) in [6, 6.07) is 2.35. The number of hydrogen-bond donors (Lipinski definition) is 0. The molecule has 0 amide bonds. The minimum atomic E-state index is -0.124. The van der Waals surface area contributed by atoms with Gasteiger partial charge in [0.15, 0.2) is 0 Å². The van der Waals surface area contributed by atoms with Crippen LogP contribution in [0.3, 0.4) is 0 Å². The molecular formula is C12H23NS. The molecule has 0 aromatic carbocycles. The van der Waals surface area contributed by atoms with Gasteiger partial charge < -0.3 is 0 Å². The first-order valence-corrected chi connectivity index (χ1v) is 6.59. The van der Waals surface area contributed by atoms with Crippen LogP contribution >= 0.6 is 11.8 Å². The number of rotatable bonds is 7. The van der Waals surface area contributed by atoms with Crippen LogP contribution < -0.4 is 0 Å². The maximum Gasteiger partial charge on any atom is 0.0683 e. The molecule has 0 aliphatic rings. The van der Waals surface area contributed by atoms with Crippen molar-refractivity contribution in [3.63, 3.8) is 0 Å². The standard InChI is InChI=1S/C12H23NS/c1-5-11(2)14-9-7-6-8-12(3,4)10-13/h11H,5-9H2,1-4H3. The first-order chi connectivity index (χ1) is 6.52. The van der Waals surface area contributed by atoms with Gasteiger partial charge >= 0.3 is 0 Å². The molecule has 0 N–H and O–H groups in total. The number of thioether (sulfide) groups is 1. The normalized spacial score (nSPS) is 13.6. The third kappa shape index (κ3) is 7.26. The van der Waals surface area contributed by atoms with E-state index < -0.39 is 0 Å². The van der Waals surface area contributed by atoms with Crippen LogP contribution in [0, 0.1) is 16.7 Å². The second-order valence-corrected chi connectivity index (χ2v) is 6.09. The topological polar surface area (TPSA) is 23.8 Å². The summed E-state index contributed by atoms with van der Waals surface area (Å²) < 4.78 is 0. The summed E-state index contributed by atoms with van der Waals surface area (Å²) in [6.07, 6.45) is 4.73. The summed E-state index contributed by atoms with van der Waals surface area (Å²) in [5.41, 5.74) is -0.124. The minimum Gasteiger partial charge on any atom is -0.198 e. The van der Waals surface area contributed by atoms with Gasteiger partial charge in [-0.15, -0.1) is 0 Å². The second-order valence-electron chi connectivity index (χ2n) is 4.54. The number of unbranched alkanes of at least 4 members (excludes halogenated alkanes) is 1. The molecule has 82 valence electrons. The number of nitrogens with zero attached hydrogens (tertiary/aromatic N) is 1. The zero-order valence-corrected chi connectivity index (χ0v) is 10.8. The van der Waals surface area contributed by atoms with E-state index in [4.69, 9.17) is 5.26 Å². The van der Waals surface area contributed by atoms with E-state index in [1.165, 1.54) is 25.0 Å². The molecule has 0 aromatic rings. The number of hydrogen-bond acceptors (Lipinski definition) is 2. The van der Waals surface area contributed by atoms with E-state index >= 15 is 0 Å². The van der Waals surface area contributed by atoms with Crippen LogP contribution in [-0.4, -0.2) is 11.0 Å². The van der Waals surface area contributed by atoms with Crippen LogP contribution in [0.5, 0.6) is 0 Å². The highest BCUT2D eigenvalue weighted by molar-refractivity contribution is 7.99. The molecule has 1 unspecified atom stereocenters. The van der Waals surface area contributed by atoms with Gasteiger partial charge in [0.2, 0.25) is 0 Å². The molecule has 0 saturated carbocycles. The molecule has 1 atom stereocenters. The smallest absolute Gasteiger partial charge is 0.0683 e. The molecule has 0 saturated heterocycles. The van der Waals surface area contributed by atoms with Crippen LogP contribution in [0.15, 0.2) is 0 Å². The Morgan fingerprint density at radius 3 is 2.50 bits per heavy atom. The van der Waals surface area contributed by atoms with E-state index in [9.17, 15) is 0 Å². The molecule has 0 aromatic heterocycles. The van der Waals surface area contributed by atoms with E-state index in [-0.39, 0.29) is 5.41 Å². The Labute approximate surface area is 93.3 Å². The lowest BCUT2D eigenvalue weighted by Crippen LogP contribution is -2.07. The summed E-state index contributed by atoms with van der Waals surface area (Å²) in [4.78, 5) is 0. The predicted molar refractivity (Wildman–Crippen MR) is 65.5 cm³/mol. The molecule has 14 heavy (non-hydrogen) atoms. The highest BCUT2D eigenvalue weighted by atomic mass is 32.2. The Kier molecular flexibility index (Phi) is 7.09. The van der Waals surface area contributed by atoms with Crippen LogP contribution in [0.25, 0.3) is 0 Å². The third-order valence-electron chi connectivity index (χ3n) is 2.48. The van der Waals surface area contributed by atoms with Gasteiger partial charge in [0.1, 0.15) is 0 Å². The first-order valence-electron chi connectivity index (χ1n) is 5.54. The first kappa shape index (κ1) is 13.8. The monoisotopic (exact) mass is 213 g/mol. The highest BCUT2D eigenvalue weighted by Crippen LogP contribution is 2.23. The molecule has 0 aliphatic carbocycles. The van der Waals surface area contributed by atoms with Gasteiger partial charge in [-0.1, -0.05) is 20.3 Å². The Morgan fingerprint density at radius 1 is 1.36 bits per heavy atom. The maximum atomic E-state index is 8.82. The lowest BCUT2D eigenvalue weighted by atomic mass is 9.89. The lowest BCUT2D eigenvalue weighted by molar-refractivity contribution is 0.433. The van der Waals surface area contributed by atoms with E-state index in [1.807, 2.05) is 13.8 Å². The molecule has 0 radical (unpaired) electrons. The van der Waals surface area contributed by atoms with Crippen molar-refractivity contribution in [3.05, 3.63) is 0 Å². The predicted octanol–water partition coefficient (Wildman–Crippen LogP) is 4.24. The average molecular weight is 213 g/mol. The van der Waals surface area contributed by atoms with Gasteiger partial charge in [0.25, 0.3) is 0 Å². The summed E-state index contributed by atoms with van der Waals surface area (Å²) in [5.74, 6) is 1.25. The van der Waals surface area contributed by atoms with Crippen molar-refractivity contribution in [1.82, 2.24) is 0 Å². The van der Waals surface area contributed by atoms with Crippen molar-refractivity contribution in [2.45, 2.75) is 58.6 Å². The van der Waals surface area contributed by atoms with Crippen molar-refractivity contribution < 1.29 is 0 Å².